The van der Waals surface area contributed by atoms with Crippen LogP contribution in [0.2, 0.25) is 0 Å². The van der Waals surface area contributed by atoms with Crippen LogP contribution in [0.1, 0.15) is 49.4 Å². The first kappa shape index (κ1) is 16.9. The molecule has 4 heteroatoms. The monoisotopic (exact) mass is 310 g/mol. The van der Waals surface area contributed by atoms with Crippen molar-refractivity contribution in [3.63, 3.8) is 0 Å². The van der Waals surface area contributed by atoms with Crippen molar-refractivity contribution in [1.82, 2.24) is 10.2 Å². The van der Waals surface area contributed by atoms with Crippen molar-refractivity contribution in [2.45, 2.75) is 71.8 Å². The van der Waals surface area contributed by atoms with Gasteiger partial charge in [-0.3, -0.25) is 4.90 Å². The van der Waals surface area contributed by atoms with E-state index in [2.05, 4.69) is 57.9 Å². The molecule has 0 aromatic carbocycles. The highest BCUT2D eigenvalue weighted by atomic mass is 32.1. The van der Waals surface area contributed by atoms with Gasteiger partial charge in [-0.2, -0.15) is 0 Å². The van der Waals surface area contributed by atoms with Gasteiger partial charge in [0.1, 0.15) is 0 Å². The van der Waals surface area contributed by atoms with Gasteiger partial charge in [-0.25, -0.2) is 0 Å². The number of nitrogens with one attached hydrogen (secondary N) is 1. The number of hydrogen-bond acceptors (Lipinski definition) is 4. The summed E-state index contributed by atoms with van der Waals surface area (Å²) in [7, 11) is 2.22. The van der Waals surface area contributed by atoms with Gasteiger partial charge < -0.3 is 10.1 Å². The third kappa shape index (κ3) is 4.78. The van der Waals surface area contributed by atoms with Crippen LogP contribution in [0, 0.1) is 6.92 Å². The van der Waals surface area contributed by atoms with Gasteiger partial charge in [0.2, 0.25) is 0 Å². The topological polar surface area (TPSA) is 24.5 Å². The molecule has 1 saturated heterocycles. The Hall–Kier alpha value is -0.420. The second-order valence-electron chi connectivity index (χ2n) is 7.24. The van der Waals surface area contributed by atoms with Crippen LogP contribution in [-0.2, 0) is 17.8 Å². The molecule has 0 spiro atoms. The van der Waals surface area contributed by atoms with Crippen molar-refractivity contribution >= 4 is 11.3 Å². The lowest BCUT2D eigenvalue weighted by atomic mass is 10.1. The maximum absolute atomic E-state index is 5.69. The summed E-state index contributed by atoms with van der Waals surface area (Å²) in [5, 5.41) is 3.57. The molecule has 0 aliphatic carbocycles. The van der Waals surface area contributed by atoms with Gasteiger partial charge in [0, 0.05) is 41.0 Å². The SMILES string of the molecule is Cc1sc(CNC(C)(C)C)cc1CN(C)C1CCOC1C. The number of likely N-dealkylation sites (N-methyl/N-ethyl adjacent to an activating group) is 1. The summed E-state index contributed by atoms with van der Waals surface area (Å²) in [4.78, 5) is 5.33. The molecule has 0 bridgehead atoms. The minimum absolute atomic E-state index is 0.172. The smallest absolute Gasteiger partial charge is 0.0703 e. The van der Waals surface area contributed by atoms with Gasteiger partial charge in [0.15, 0.2) is 0 Å². The number of thiophene rings is 1. The summed E-state index contributed by atoms with van der Waals surface area (Å²) in [5.74, 6) is 0. The van der Waals surface area contributed by atoms with Crippen LogP contribution in [0.5, 0.6) is 0 Å². The van der Waals surface area contributed by atoms with E-state index in [-0.39, 0.29) is 5.54 Å². The first-order chi connectivity index (χ1) is 9.76. The largest absolute Gasteiger partial charge is 0.377 e. The molecule has 1 aromatic rings. The molecule has 0 amide bonds. The number of rotatable bonds is 5. The summed E-state index contributed by atoms with van der Waals surface area (Å²) in [6, 6.07) is 2.93. The molecule has 1 aliphatic heterocycles. The van der Waals surface area contributed by atoms with Crippen molar-refractivity contribution in [2.75, 3.05) is 13.7 Å². The van der Waals surface area contributed by atoms with E-state index >= 15 is 0 Å². The van der Waals surface area contributed by atoms with Crippen LogP contribution in [0.3, 0.4) is 0 Å². The number of hydrogen-bond donors (Lipinski definition) is 1. The van der Waals surface area contributed by atoms with Gasteiger partial charge in [-0.15, -0.1) is 11.3 Å². The molecule has 2 heterocycles. The Morgan fingerprint density at radius 2 is 2.14 bits per heavy atom. The molecular formula is C17H30N2OS. The normalized spacial score (nSPS) is 23.2. The maximum atomic E-state index is 5.69. The zero-order valence-electron chi connectivity index (χ0n) is 14.3. The second-order valence-corrected chi connectivity index (χ2v) is 8.59. The molecule has 120 valence electrons. The molecule has 1 N–H and O–H groups in total. The number of aryl methyl sites for hydroxylation is 1. The summed E-state index contributed by atoms with van der Waals surface area (Å²) < 4.78 is 5.69. The molecule has 3 nitrogen and oxygen atoms in total. The van der Waals surface area contributed by atoms with Gasteiger partial charge >= 0.3 is 0 Å². The second kappa shape index (κ2) is 6.78. The van der Waals surface area contributed by atoms with Gasteiger partial charge in [-0.1, -0.05) is 0 Å². The molecule has 1 aromatic heterocycles. The molecule has 2 atom stereocenters. The highest BCUT2D eigenvalue weighted by Crippen LogP contribution is 2.26. The lowest BCUT2D eigenvalue weighted by Crippen LogP contribution is -2.36. The van der Waals surface area contributed by atoms with Gasteiger partial charge in [-0.05, 0) is 59.7 Å². The predicted octanol–water partition coefficient (Wildman–Crippen LogP) is 3.55. The lowest BCUT2D eigenvalue weighted by Gasteiger charge is -2.26. The van der Waals surface area contributed by atoms with Crippen molar-refractivity contribution < 1.29 is 4.74 Å². The van der Waals surface area contributed by atoms with E-state index in [1.165, 1.54) is 15.3 Å². The lowest BCUT2D eigenvalue weighted by molar-refractivity contribution is 0.0814. The summed E-state index contributed by atoms with van der Waals surface area (Å²) in [5.41, 5.74) is 1.64. The molecule has 2 unspecified atom stereocenters. The highest BCUT2D eigenvalue weighted by Gasteiger charge is 2.28. The van der Waals surface area contributed by atoms with Crippen LogP contribution < -0.4 is 5.32 Å². The fourth-order valence-corrected chi connectivity index (χ4v) is 3.86. The molecule has 0 saturated carbocycles. The van der Waals surface area contributed by atoms with E-state index in [9.17, 15) is 0 Å². The molecular weight excluding hydrogens is 280 g/mol. The van der Waals surface area contributed by atoms with Gasteiger partial charge in [0.05, 0.1) is 6.10 Å². The van der Waals surface area contributed by atoms with Crippen molar-refractivity contribution in [3.05, 3.63) is 21.4 Å². The fourth-order valence-electron chi connectivity index (χ4n) is 2.87. The van der Waals surface area contributed by atoms with E-state index < -0.39 is 0 Å². The Kier molecular flexibility index (Phi) is 5.47. The first-order valence-corrected chi connectivity index (χ1v) is 8.73. The summed E-state index contributed by atoms with van der Waals surface area (Å²) in [6.07, 6.45) is 1.51. The van der Waals surface area contributed by atoms with Crippen LogP contribution in [0.25, 0.3) is 0 Å². The quantitative estimate of drug-likeness (QED) is 0.900. The third-order valence-electron chi connectivity index (χ3n) is 4.19. The zero-order chi connectivity index (χ0) is 15.6. The van der Waals surface area contributed by atoms with E-state index in [0.717, 1.165) is 26.1 Å². The molecule has 1 fully saturated rings. The molecule has 2 rings (SSSR count). The minimum Gasteiger partial charge on any atom is -0.377 e. The van der Waals surface area contributed by atoms with Crippen LogP contribution in [-0.4, -0.2) is 36.2 Å². The Morgan fingerprint density at radius 3 is 2.71 bits per heavy atom. The zero-order valence-corrected chi connectivity index (χ0v) is 15.1. The van der Waals surface area contributed by atoms with Crippen molar-refractivity contribution in [2.24, 2.45) is 0 Å². The Morgan fingerprint density at radius 1 is 1.43 bits per heavy atom. The van der Waals surface area contributed by atoms with Crippen LogP contribution in [0.15, 0.2) is 6.07 Å². The minimum atomic E-state index is 0.172. The van der Waals surface area contributed by atoms with Crippen LogP contribution in [0.4, 0.5) is 0 Å². The fraction of sp³-hybridized carbons (Fsp3) is 0.765. The number of nitrogens with zero attached hydrogens (tertiary/aromatic N) is 1. The third-order valence-corrected chi connectivity index (χ3v) is 5.28. The van der Waals surface area contributed by atoms with Gasteiger partial charge in [0.25, 0.3) is 0 Å². The predicted molar refractivity (Wildman–Crippen MR) is 90.9 cm³/mol. The summed E-state index contributed by atoms with van der Waals surface area (Å²) >= 11 is 1.92. The Bertz CT molecular complexity index is 464. The first-order valence-electron chi connectivity index (χ1n) is 7.91. The molecule has 1 aliphatic rings. The van der Waals surface area contributed by atoms with Crippen LogP contribution >= 0.6 is 11.3 Å². The average molecular weight is 311 g/mol. The Balaban J connectivity index is 1.95. The van der Waals surface area contributed by atoms with Crippen molar-refractivity contribution in [1.29, 1.82) is 0 Å². The standard InChI is InChI=1S/C17H30N2OS/c1-12-16(7-8-20-12)19(6)11-14-9-15(21-13(14)2)10-18-17(3,4)5/h9,12,16,18H,7-8,10-11H2,1-6H3. The maximum Gasteiger partial charge on any atom is 0.0703 e. The van der Waals surface area contributed by atoms with E-state index in [4.69, 9.17) is 4.74 Å². The van der Waals surface area contributed by atoms with E-state index in [1.54, 1.807) is 0 Å². The molecule has 0 radical (unpaired) electrons. The van der Waals surface area contributed by atoms with E-state index in [1.807, 2.05) is 11.3 Å². The highest BCUT2D eigenvalue weighted by molar-refractivity contribution is 7.12. The number of ether oxygens (including phenoxy) is 1. The van der Waals surface area contributed by atoms with Crippen molar-refractivity contribution in [3.8, 4) is 0 Å². The van der Waals surface area contributed by atoms with E-state index in [0.29, 0.717) is 12.1 Å². The average Bonchev–Trinajstić information content (AvgIpc) is 2.93. The molecule has 21 heavy (non-hydrogen) atoms. The Labute approximate surface area is 133 Å². The summed E-state index contributed by atoms with van der Waals surface area (Å²) in [6.45, 7) is 13.9.